The van der Waals surface area contributed by atoms with Crippen LogP contribution in [0.2, 0.25) is 0 Å². The molecule has 0 saturated carbocycles. The number of carbonyl (C=O) groups excluding carboxylic acids is 1. The molecule has 0 radical (unpaired) electrons. The van der Waals surface area contributed by atoms with Gasteiger partial charge in [-0.3, -0.25) is 4.79 Å². The van der Waals surface area contributed by atoms with Gasteiger partial charge in [0.15, 0.2) is 0 Å². The Bertz CT molecular complexity index is 481. The molecule has 1 atom stereocenters. The summed E-state index contributed by atoms with van der Waals surface area (Å²) in [4.78, 5) is 11.8. The van der Waals surface area contributed by atoms with E-state index in [-0.39, 0.29) is 11.6 Å². The van der Waals surface area contributed by atoms with E-state index in [9.17, 15) is 4.79 Å². The molecule has 2 nitrogen and oxygen atoms in total. The number of fused-ring (bicyclic) bond motifs is 1. The van der Waals surface area contributed by atoms with Gasteiger partial charge < -0.3 is 4.74 Å². The highest BCUT2D eigenvalue weighted by atomic mass is 32.1. The van der Waals surface area contributed by atoms with Crippen LogP contribution in [0.15, 0.2) is 5.38 Å². The smallest absolute Gasteiger partial charge is 0.303 e. The summed E-state index contributed by atoms with van der Waals surface area (Å²) in [6, 6.07) is 0. The summed E-state index contributed by atoms with van der Waals surface area (Å²) in [6.07, 6.45) is 5.34. The van der Waals surface area contributed by atoms with Gasteiger partial charge in [0.1, 0.15) is 5.60 Å². The summed E-state index contributed by atoms with van der Waals surface area (Å²) in [5, 5.41) is 2.35. The Balaban J connectivity index is 0.000000361. The zero-order chi connectivity index (χ0) is 18.9. The molecule has 3 heteroatoms. The Labute approximate surface area is 154 Å². The fourth-order valence-electron chi connectivity index (χ4n) is 2.34. The topological polar surface area (TPSA) is 26.3 Å². The van der Waals surface area contributed by atoms with Crippen molar-refractivity contribution >= 4 is 17.3 Å². The number of carbonyl (C=O) groups is 1. The Morgan fingerprint density at radius 3 is 2.29 bits per heavy atom. The van der Waals surface area contributed by atoms with Gasteiger partial charge in [0.2, 0.25) is 0 Å². The van der Waals surface area contributed by atoms with Crippen LogP contribution < -0.4 is 0 Å². The molecule has 0 spiro atoms. The summed E-state index contributed by atoms with van der Waals surface area (Å²) in [5.74, 6) is 1.57. The molecule has 1 aliphatic carbocycles. The minimum absolute atomic E-state index is 0.225. The van der Waals surface area contributed by atoms with Crippen LogP contribution in [-0.4, -0.2) is 11.6 Å². The lowest BCUT2D eigenvalue weighted by Crippen LogP contribution is -2.21. The highest BCUT2D eigenvalue weighted by molar-refractivity contribution is 7.10. The van der Waals surface area contributed by atoms with E-state index in [4.69, 9.17) is 4.74 Å². The van der Waals surface area contributed by atoms with Crippen molar-refractivity contribution in [2.75, 3.05) is 0 Å². The summed E-state index contributed by atoms with van der Waals surface area (Å²) in [7, 11) is 0. The monoisotopic (exact) mass is 354 g/mol. The maximum absolute atomic E-state index is 10.2. The molecule has 0 amide bonds. The van der Waals surface area contributed by atoms with E-state index in [1.807, 2.05) is 32.1 Å². The molecule has 1 unspecified atom stereocenters. The van der Waals surface area contributed by atoms with Crippen LogP contribution >= 0.6 is 11.3 Å². The number of rotatable bonds is 1. The molecule has 1 aliphatic rings. The maximum atomic E-state index is 10.2. The van der Waals surface area contributed by atoms with Crippen molar-refractivity contribution in [2.24, 2.45) is 11.8 Å². The van der Waals surface area contributed by atoms with E-state index >= 15 is 0 Å². The van der Waals surface area contributed by atoms with E-state index in [2.05, 4.69) is 40.0 Å². The zero-order valence-corrected chi connectivity index (χ0v) is 18.1. The van der Waals surface area contributed by atoms with Gasteiger partial charge in [-0.2, -0.15) is 0 Å². The third-order valence-electron chi connectivity index (χ3n) is 3.91. The van der Waals surface area contributed by atoms with Crippen molar-refractivity contribution in [3.63, 3.8) is 0 Å². The first-order chi connectivity index (χ1) is 11.0. The second-order valence-corrected chi connectivity index (χ2v) is 9.24. The second kappa shape index (κ2) is 10.9. The molecule has 1 aromatic rings. The molecule has 1 aromatic heterocycles. The molecule has 1 heterocycles. The molecule has 2 rings (SSSR count). The normalized spacial score (nSPS) is 16.3. The molecule has 0 fully saturated rings. The lowest BCUT2D eigenvalue weighted by atomic mass is 9.87. The van der Waals surface area contributed by atoms with E-state index in [0.717, 1.165) is 11.8 Å². The van der Waals surface area contributed by atoms with E-state index in [0.29, 0.717) is 0 Å². The Kier molecular flexibility index (Phi) is 10.5. The first-order valence-corrected chi connectivity index (χ1v) is 10.1. The van der Waals surface area contributed by atoms with Gasteiger partial charge in [-0.05, 0) is 75.3 Å². The zero-order valence-electron chi connectivity index (χ0n) is 17.3. The van der Waals surface area contributed by atoms with Gasteiger partial charge in [0.05, 0.1) is 0 Å². The summed E-state index contributed by atoms with van der Waals surface area (Å²) >= 11 is 1.92. The summed E-state index contributed by atoms with van der Waals surface area (Å²) in [5.41, 5.74) is 2.96. The maximum Gasteiger partial charge on any atom is 0.303 e. The van der Waals surface area contributed by atoms with E-state index < -0.39 is 0 Å². The fourth-order valence-corrected chi connectivity index (χ4v) is 3.27. The number of esters is 1. The molecule has 0 N–H and O–H groups in total. The third-order valence-corrected chi connectivity index (χ3v) is 4.91. The number of ether oxygens (including phenoxy) is 1. The first-order valence-electron chi connectivity index (χ1n) is 9.21. The van der Waals surface area contributed by atoms with Crippen LogP contribution in [0.4, 0.5) is 0 Å². The Morgan fingerprint density at radius 2 is 1.92 bits per heavy atom. The number of hydrogen-bond acceptors (Lipinski definition) is 3. The lowest BCUT2D eigenvalue weighted by molar-refractivity contribution is -0.151. The quantitative estimate of drug-likeness (QED) is 0.532. The standard InChI is InChI=1S/C10H14S.C6H12O2.C5H12/c1-7-3-4-10-8(2)11-6-9(10)5-7;1-5(7)8-6(2,3)4;1-4-5(2)3/h6-7H,3-5H2,1-2H3;1-4H3;5H,4H2,1-3H3. The molecule has 0 saturated heterocycles. The minimum atomic E-state index is -0.328. The minimum Gasteiger partial charge on any atom is -0.460 e. The van der Waals surface area contributed by atoms with Crippen molar-refractivity contribution in [1.29, 1.82) is 0 Å². The van der Waals surface area contributed by atoms with Gasteiger partial charge in [0, 0.05) is 11.8 Å². The predicted octanol–water partition coefficient (Wildman–Crippen LogP) is 6.58. The molecule has 0 aliphatic heterocycles. The van der Waals surface area contributed by atoms with Crippen molar-refractivity contribution in [2.45, 2.75) is 93.6 Å². The third kappa shape index (κ3) is 10.9. The second-order valence-electron chi connectivity index (χ2n) is 8.15. The molecule has 140 valence electrons. The van der Waals surface area contributed by atoms with Gasteiger partial charge in [-0.25, -0.2) is 0 Å². The van der Waals surface area contributed by atoms with E-state index in [1.165, 1.54) is 32.6 Å². The van der Waals surface area contributed by atoms with Crippen LogP contribution in [0, 0.1) is 18.8 Å². The fraction of sp³-hybridized carbons (Fsp3) is 0.762. The van der Waals surface area contributed by atoms with Gasteiger partial charge in [-0.15, -0.1) is 11.3 Å². The molecule has 24 heavy (non-hydrogen) atoms. The summed E-state index contributed by atoms with van der Waals surface area (Å²) in [6.45, 7) is 18.2. The van der Waals surface area contributed by atoms with Crippen LogP contribution in [0.5, 0.6) is 0 Å². The van der Waals surface area contributed by atoms with Gasteiger partial charge in [-0.1, -0.05) is 34.1 Å². The molecule has 0 bridgehead atoms. The Hall–Kier alpha value is -0.830. The van der Waals surface area contributed by atoms with Crippen molar-refractivity contribution in [3.8, 4) is 0 Å². The van der Waals surface area contributed by atoms with Crippen LogP contribution in [-0.2, 0) is 22.4 Å². The first kappa shape index (κ1) is 23.2. The SMILES string of the molecule is CC(=O)OC(C)(C)C.CCC(C)C.Cc1scc2c1CCC(C)C2. The van der Waals surface area contributed by atoms with Crippen LogP contribution in [0.1, 0.15) is 84.2 Å². The summed E-state index contributed by atoms with van der Waals surface area (Å²) < 4.78 is 4.80. The molecular formula is C21H38O2S. The van der Waals surface area contributed by atoms with Gasteiger partial charge >= 0.3 is 5.97 Å². The van der Waals surface area contributed by atoms with E-state index in [1.54, 1.807) is 16.0 Å². The van der Waals surface area contributed by atoms with Crippen molar-refractivity contribution in [1.82, 2.24) is 0 Å². The molecular weight excluding hydrogens is 316 g/mol. The lowest BCUT2D eigenvalue weighted by Gasteiger charge is -2.18. The largest absolute Gasteiger partial charge is 0.460 e. The van der Waals surface area contributed by atoms with Crippen molar-refractivity contribution in [3.05, 3.63) is 21.4 Å². The average molecular weight is 355 g/mol. The Morgan fingerprint density at radius 1 is 1.38 bits per heavy atom. The molecule has 0 aromatic carbocycles. The average Bonchev–Trinajstić information content (AvgIpc) is 2.78. The number of thiophene rings is 1. The highest BCUT2D eigenvalue weighted by Gasteiger charge is 2.17. The number of aryl methyl sites for hydroxylation is 1. The highest BCUT2D eigenvalue weighted by Crippen LogP contribution is 2.31. The number of hydrogen-bond donors (Lipinski definition) is 0. The van der Waals surface area contributed by atoms with Crippen LogP contribution in [0.25, 0.3) is 0 Å². The van der Waals surface area contributed by atoms with Gasteiger partial charge in [0.25, 0.3) is 0 Å². The predicted molar refractivity (Wildman–Crippen MR) is 107 cm³/mol. The van der Waals surface area contributed by atoms with Crippen molar-refractivity contribution < 1.29 is 9.53 Å². The van der Waals surface area contributed by atoms with Crippen LogP contribution in [0.3, 0.4) is 0 Å².